The maximum atomic E-state index is 12.1. The van der Waals surface area contributed by atoms with Crippen molar-refractivity contribution in [2.75, 3.05) is 16.4 Å². The normalized spacial score (nSPS) is 10.2. The van der Waals surface area contributed by atoms with Crippen LogP contribution in [0.25, 0.3) is 0 Å². The zero-order valence-electron chi connectivity index (χ0n) is 16.1. The Morgan fingerprint density at radius 1 is 1.11 bits per heavy atom. The van der Waals surface area contributed by atoms with Crippen LogP contribution in [0.3, 0.4) is 0 Å². The van der Waals surface area contributed by atoms with Crippen LogP contribution in [-0.2, 0) is 16.0 Å². The van der Waals surface area contributed by atoms with E-state index in [0.29, 0.717) is 34.1 Å². The summed E-state index contributed by atoms with van der Waals surface area (Å²) in [6.45, 7) is 3.57. The summed E-state index contributed by atoms with van der Waals surface area (Å²) >= 11 is 1.43. The average molecular weight is 397 g/mol. The Labute approximate surface area is 169 Å². The highest BCUT2D eigenvalue weighted by Crippen LogP contribution is 2.22. The van der Waals surface area contributed by atoms with E-state index in [2.05, 4.69) is 28.6 Å². The minimum Gasteiger partial charge on any atom is -0.326 e. The van der Waals surface area contributed by atoms with Gasteiger partial charge in [-0.3, -0.25) is 9.59 Å². The highest BCUT2D eigenvalue weighted by molar-refractivity contribution is 7.99. The molecule has 0 atom stereocenters. The summed E-state index contributed by atoms with van der Waals surface area (Å²) in [6, 6.07) is 12.8. The SMILES string of the molecule is CCCCc1ccc(C#N)c(SCCC(=O)Nc2ccc(NC(C)=O)cc2)n1. The third-order valence-electron chi connectivity index (χ3n) is 3.88. The van der Waals surface area contributed by atoms with E-state index in [-0.39, 0.29) is 11.8 Å². The third kappa shape index (κ3) is 7.05. The molecule has 2 rings (SSSR count). The fraction of sp³-hybridized carbons (Fsp3) is 0.333. The number of hydrogen-bond acceptors (Lipinski definition) is 5. The number of anilines is 2. The first kappa shape index (κ1) is 21.5. The third-order valence-corrected chi connectivity index (χ3v) is 4.87. The van der Waals surface area contributed by atoms with E-state index in [1.165, 1.54) is 18.7 Å². The van der Waals surface area contributed by atoms with Gasteiger partial charge in [0.25, 0.3) is 0 Å². The highest BCUT2D eigenvalue weighted by Gasteiger charge is 2.09. The van der Waals surface area contributed by atoms with E-state index in [1.54, 1.807) is 30.3 Å². The van der Waals surface area contributed by atoms with Gasteiger partial charge in [0.15, 0.2) is 0 Å². The molecule has 1 aromatic carbocycles. The molecule has 28 heavy (non-hydrogen) atoms. The van der Waals surface area contributed by atoms with Crippen LogP contribution in [0.5, 0.6) is 0 Å². The summed E-state index contributed by atoms with van der Waals surface area (Å²) in [5.41, 5.74) is 2.87. The molecule has 2 aromatic rings. The lowest BCUT2D eigenvalue weighted by Gasteiger charge is -2.08. The molecule has 0 spiro atoms. The summed E-state index contributed by atoms with van der Waals surface area (Å²) in [6.07, 6.45) is 3.36. The monoisotopic (exact) mass is 396 g/mol. The quantitative estimate of drug-likeness (QED) is 0.614. The van der Waals surface area contributed by atoms with Crippen molar-refractivity contribution in [2.24, 2.45) is 0 Å². The molecule has 1 aromatic heterocycles. The Bertz CT molecular complexity index is 860. The lowest BCUT2D eigenvalue weighted by atomic mass is 10.2. The second kappa shape index (κ2) is 11.1. The van der Waals surface area contributed by atoms with Crippen LogP contribution in [0.15, 0.2) is 41.4 Å². The van der Waals surface area contributed by atoms with E-state index in [0.717, 1.165) is 25.0 Å². The first-order valence-electron chi connectivity index (χ1n) is 9.22. The number of aryl methyl sites for hydroxylation is 1. The topological polar surface area (TPSA) is 94.9 Å². The van der Waals surface area contributed by atoms with Crippen LogP contribution in [0.1, 0.15) is 44.4 Å². The number of benzene rings is 1. The molecular weight excluding hydrogens is 372 g/mol. The first-order valence-corrected chi connectivity index (χ1v) is 10.2. The number of unbranched alkanes of at least 4 members (excludes halogenated alkanes) is 1. The molecule has 0 fully saturated rings. The van der Waals surface area contributed by atoms with Crippen LogP contribution in [-0.4, -0.2) is 22.6 Å². The largest absolute Gasteiger partial charge is 0.326 e. The second-order valence-corrected chi connectivity index (χ2v) is 7.36. The molecule has 0 bridgehead atoms. The summed E-state index contributed by atoms with van der Waals surface area (Å²) in [5.74, 6) is 0.285. The van der Waals surface area contributed by atoms with Gasteiger partial charge in [0.05, 0.1) is 5.56 Å². The van der Waals surface area contributed by atoms with Crippen LogP contribution in [0.4, 0.5) is 11.4 Å². The van der Waals surface area contributed by atoms with Crippen molar-refractivity contribution < 1.29 is 9.59 Å². The molecule has 2 amide bonds. The molecule has 0 saturated carbocycles. The lowest BCUT2D eigenvalue weighted by molar-refractivity contribution is -0.116. The number of amides is 2. The Balaban J connectivity index is 1.86. The Kier molecular flexibility index (Phi) is 8.50. The maximum Gasteiger partial charge on any atom is 0.225 e. The fourth-order valence-electron chi connectivity index (χ4n) is 2.48. The number of nitriles is 1. The van der Waals surface area contributed by atoms with E-state index >= 15 is 0 Å². The molecule has 0 aliphatic carbocycles. The van der Waals surface area contributed by atoms with Gasteiger partial charge in [0, 0.05) is 36.2 Å². The standard InChI is InChI=1S/C21H24N4O2S/c1-3-4-5-17-7-6-16(14-22)21(25-17)28-13-12-20(27)24-19-10-8-18(9-11-19)23-15(2)26/h6-11H,3-5,12-13H2,1-2H3,(H,23,26)(H,24,27). The van der Waals surface area contributed by atoms with Gasteiger partial charge in [0.2, 0.25) is 11.8 Å². The molecular formula is C21H24N4O2S. The van der Waals surface area contributed by atoms with Gasteiger partial charge in [-0.15, -0.1) is 11.8 Å². The number of nitrogens with one attached hydrogen (secondary N) is 2. The van der Waals surface area contributed by atoms with E-state index < -0.39 is 0 Å². The van der Waals surface area contributed by atoms with Gasteiger partial charge in [0.1, 0.15) is 11.1 Å². The number of aromatic nitrogens is 1. The molecule has 0 radical (unpaired) electrons. The van der Waals surface area contributed by atoms with Gasteiger partial charge in [-0.05, 0) is 49.2 Å². The molecule has 0 saturated heterocycles. The molecule has 6 nitrogen and oxygen atoms in total. The molecule has 146 valence electrons. The Hall–Kier alpha value is -2.85. The maximum absolute atomic E-state index is 12.1. The van der Waals surface area contributed by atoms with Gasteiger partial charge < -0.3 is 10.6 Å². The van der Waals surface area contributed by atoms with Crippen molar-refractivity contribution in [3.05, 3.63) is 47.7 Å². The van der Waals surface area contributed by atoms with Crippen molar-refractivity contribution in [1.82, 2.24) is 4.98 Å². The predicted molar refractivity (Wildman–Crippen MR) is 112 cm³/mol. The van der Waals surface area contributed by atoms with Gasteiger partial charge in [-0.2, -0.15) is 5.26 Å². The number of rotatable bonds is 9. The van der Waals surface area contributed by atoms with Crippen molar-refractivity contribution in [1.29, 1.82) is 5.26 Å². The van der Waals surface area contributed by atoms with Gasteiger partial charge >= 0.3 is 0 Å². The fourth-order valence-corrected chi connectivity index (χ4v) is 3.41. The van der Waals surface area contributed by atoms with Crippen LogP contribution < -0.4 is 10.6 Å². The van der Waals surface area contributed by atoms with E-state index in [4.69, 9.17) is 0 Å². The van der Waals surface area contributed by atoms with Crippen LogP contribution in [0, 0.1) is 11.3 Å². The van der Waals surface area contributed by atoms with Crippen LogP contribution >= 0.6 is 11.8 Å². The number of carbonyl (C=O) groups is 2. The predicted octanol–water partition coefficient (Wildman–Crippen LogP) is 4.38. The summed E-state index contributed by atoms with van der Waals surface area (Å²) in [7, 11) is 0. The molecule has 0 unspecified atom stereocenters. The zero-order valence-corrected chi connectivity index (χ0v) is 16.9. The summed E-state index contributed by atoms with van der Waals surface area (Å²) in [5, 5.41) is 15.4. The molecule has 7 heteroatoms. The minimum atomic E-state index is -0.141. The van der Waals surface area contributed by atoms with E-state index in [1.807, 2.05) is 6.07 Å². The molecule has 2 N–H and O–H groups in total. The zero-order chi connectivity index (χ0) is 20.4. The number of pyridine rings is 1. The number of hydrogen-bond donors (Lipinski definition) is 2. The van der Waals surface area contributed by atoms with E-state index in [9.17, 15) is 14.9 Å². The first-order chi connectivity index (χ1) is 13.5. The van der Waals surface area contributed by atoms with Crippen molar-refractivity contribution in [3.63, 3.8) is 0 Å². The molecule has 0 aliphatic rings. The summed E-state index contributed by atoms with van der Waals surface area (Å²) in [4.78, 5) is 27.7. The van der Waals surface area contributed by atoms with Gasteiger partial charge in [-0.1, -0.05) is 13.3 Å². The Morgan fingerprint density at radius 3 is 2.39 bits per heavy atom. The number of nitrogens with zero attached hydrogens (tertiary/aromatic N) is 2. The average Bonchev–Trinajstić information content (AvgIpc) is 2.67. The number of carbonyl (C=O) groups excluding carboxylic acids is 2. The van der Waals surface area contributed by atoms with Crippen molar-refractivity contribution in [3.8, 4) is 6.07 Å². The second-order valence-electron chi connectivity index (χ2n) is 6.28. The Morgan fingerprint density at radius 2 is 1.79 bits per heavy atom. The molecule has 0 aliphatic heterocycles. The lowest BCUT2D eigenvalue weighted by Crippen LogP contribution is -2.12. The van der Waals surface area contributed by atoms with Crippen molar-refractivity contribution >= 4 is 35.0 Å². The van der Waals surface area contributed by atoms with Gasteiger partial charge in [-0.25, -0.2) is 4.98 Å². The summed E-state index contributed by atoms with van der Waals surface area (Å²) < 4.78 is 0. The highest BCUT2D eigenvalue weighted by atomic mass is 32.2. The minimum absolute atomic E-state index is 0.111. The van der Waals surface area contributed by atoms with Crippen molar-refractivity contribution in [2.45, 2.75) is 44.6 Å². The molecule has 1 heterocycles. The van der Waals surface area contributed by atoms with Crippen LogP contribution in [0.2, 0.25) is 0 Å². The smallest absolute Gasteiger partial charge is 0.225 e. The number of thioether (sulfide) groups is 1.